The Morgan fingerprint density at radius 2 is 2.00 bits per heavy atom. The number of hydrogen-bond acceptors (Lipinski definition) is 5. The standard InChI is InChI=1S/C20H24N6/c1-15-5-2-8-18(23-15)25-19-9-3-7-17(24-19)16-6-4-12-26(13-16)14-20-21-10-11-22-20/h2-3,5,7-11,16H,4,6,12-14H2,1H3,(H,21,22)(H,23,24,25)/t16-/m1/s1. The Kier molecular flexibility index (Phi) is 4.93. The molecular formula is C20H24N6. The number of aryl methyl sites for hydroxylation is 1. The van der Waals surface area contributed by atoms with Crippen molar-refractivity contribution < 1.29 is 0 Å². The number of aromatic nitrogens is 4. The highest BCUT2D eigenvalue weighted by molar-refractivity contribution is 5.51. The number of nitrogens with one attached hydrogen (secondary N) is 2. The van der Waals surface area contributed by atoms with Gasteiger partial charge in [0, 0.05) is 36.2 Å². The molecule has 0 aromatic carbocycles. The predicted molar refractivity (Wildman–Crippen MR) is 102 cm³/mol. The predicted octanol–water partition coefficient (Wildman–Crippen LogP) is 3.63. The summed E-state index contributed by atoms with van der Waals surface area (Å²) in [6, 6.07) is 12.2. The number of nitrogens with zero attached hydrogens (tertiary/aromatic N) is 4. The fraction of sp³-hybridized carbons (Fsp3) is 0.350. The molecule has 1 aliphatic heterocycles. The van der Waals surface area contributed by atoms with Crippen molar-refractivity contribution >= 4 is 11.6 Å². The van der Waals surface area contributed by atoms with Gasteiger partial charge in [0.2, 0.25) is 0 Å². The zero-order valence-corrected chi connectivity index (χ0v) is 15.0. The summed E-state index contributed by atoms with van der Waals surface area (Å²) in [7, 11) is 0. The molecule has 0 bridgehead atoms. The van der Waals surface area contributed by atoms with Crippen LogP contribution in [-0.2, 0) is 6.54 Å². The van der Waals surface area contributed by atoms with Crippen LogP contribution in [0.1, 0.15) is 36.0 Å². The molecular weight excluding hydrogens is 324 g/mol. The molecule has 1 atom stereocenters. The van der Waals surface area contributed by atoms with E-state index >= 15 is 0 Å². The quantitative estimate of drug-likeness (QED) is 0.737. The maximum Gasteiger partial charge on any atom is 0.131 e. The van der Waals surface area contributed by atoms with Gasteiger partial charge in [-0.3, -0.25) is 4.90 Å². The van der Waals surface area contributed by atoms with Gasteiger partial charge in [-0.2, -0.15) is 0 Å². The SMILES string of the molecule is Cc1cccc(Nc2cccc([C@@H]3CCCN(Cc4ncc[nH]4)C3)n2)n1. The van der Waals surface area contributed by atoms with Crippen molar-refractivity contribution in [2.75, 3.05) is 18.4 Å². The number of anilines is 2. The first-order valence-electron chi connectivity index (χ1n) is 9.14. The van der Waals surface area contributed by atoms with Crippen molar-refractivity contribution in [3.63, 3.8) is 0 Å². The van der Waals surface area contributed by atoms with Crippen molar-refractivity contribution in [2.45, 2.75) is 32.2 Å². The average molecular weight is 348 g/mol. The van der Waals surface area contributed by atoms with E-state index in [1.54, 1.807) is 0 Å². The molecule has 1 fully saturated rings. The molecule has 26 heavy (non-hydrogen) atoms. The fourth-order valence-corrected chi connectivity index (χ4v) is 3.53. The van der Waals surface area contributed by atoms with Crippen LogP contribution in [0.25, 0.3) is 0 Å². The van der Waals surface area contributed by atoms with E-state index in [1.165, 1.54) is 12.8 Å². The second kappa shape index (κ2) is 7.66. The fourth-order valence-electron chi connectivity index (χ4n) is 3.53. The van der Waals surface area contributed by atoms with Crippen LogP contribution in [0, 0.1) is 6.92 Å². The van der Waals surface area contributed by atoms with E-state index in [1.807, 2.05) is 43.6 Å². The molecule has 0 radical (unpaired) electrons. The second-order valence-corrected chi connectivity index (χ2v) is 6.85. The largest absolute Gasteiger partial charge is 0.348 e. The van der Waals surface area contributed by atoms with Crippen LogP contribution in [-0.4, -0.2) is 37.9 Å². The Hall–Kier alpha value is -2.73. The third-order valence-corrected chi connectivity index (χ3v) is 4.77. The third-order valence-electron chi connectivity index (χ3n) is 4.77. The Morgan fingerprint density at radius 3 is 2.81 bits per heavy atom. The van der Waals surface area contributed by atoms with Gasteiger partial charge < -0.3 is 10.3 Å². The van der Waals surface area contributed by atoms with Crippen LogP contribution < -0.4 is 5.32 Å². The minimum Gasteiger partial charge on any atom is -0.348 e. The van der Waals surface area contributed by atoms with Crippen LogP contribution in [0.3, 0.4) is 0 Å². The van der Waals surface area contributed by atoms with Gasteiger partial charge in [0.15, 0.2) is 0 Å². The smallest absolute Gasteiger partial charge is 0.131 e. The molecule has 0 spiro atoms. The van der Waals surface area contributed by atoms with Gasteiger partial charge in [-0.25, -0.2) is 15.0 Å². The lowest BCUT2D eigenvalue weighted by molar-refractivity contribution is 0.194. The molecule has 0 unspecified atom stereocenters. The number of rotatable bonds is 5. The van der Waals surface area contributed by atoms with E-state index in [2.05, 4.69) is 37.3 Å². The van der Waals surface area contributed by atoms with Gasteiger partial charge in [-0.05, 0) is 50.6 Å². The molecule has 1 aliphatic rings. The van der Waals surface area contributed by atoms with Gasteiger partial charge in [-0.1, -0.05) is 12.1 Å². The molecule has 0 aliphatic carbocycles. The third kappa shape index (κ3) is 4.08. The first kappa shape index (κ1) is 16.7. The summed E-state index contributed by atoms with van der Waals surface area (Å²) in [6.07, 6.45) is 6.05. The van der Waals surface area contributed by atoms with E-state index in [0.717, 1.165) is 48.5 Å². The van der Waals surface area contributed by atoms with Crippen LogP contribution in [0.15, 0.2) is 48.8 Å². The molecule has 6 nitrogen and oxygen atoms in total. The number of piperidine rings is 1. The average Bonchev–Trinajstić information content (AvgIpc) is 3.15. The minimum atomic E-state index is 0.450. The molecule has 4 heterocycles. The molecule has 0 saturated carbocycles. The van der Waals surface area contributed by atoms with E-state index in [-0.39, 0.29) is 0 Å². The normalized spacial score (nSPS) is 18.0. The Morgan fingerprint density at radius 1 is 1.15 bits per heavy atom. The highest BCUT2D eigenvalue weighted by Crippen LogP contribution is 2.27. The summed E-state index contributed by atoms with van der Waals surface area (Å²) in [4.78, 5) is 19.3. The minimum absolute atomic E-state index is 0.450. The molecule has 1 saturated heterocycles. The molecule has 0 amide bonds. The highest BCUT2D eigenvalue weighted by atomic mass is 15.2. The monoisotopic (exact) mass is 348 g/mol. The number of H-pyrrole nitrogens is 1. The van der Waals surface area contributed by atoms with Crippen molar-refractivity contribution in [2.24, 2.45) is 0 Å². The zero-order valence-electron chi connectivity index (χ0n) is 15.0. The zero-order chi connectivity index (χ0) is 17.8. The van der Waals surface area contributed by atoms with Gasteiger partial charge in [-0.15, -0.1) is 0 Å². The number of aromatic amines is 1. The lowest BCUT2D eigenvalue weighted by atomic mass is 9.94. The number of likely N-dealkylation sites (tertiary alicyclic amines) is 1. The molecule has 3 aromatic heterocycles. The van der Waals surface area contributed by atoms with Crippen LogP contribution in [0.4, 0.5) is 11.6 Å². The second-order valence-electron chi connectivity index (χ2n) is 6.85. The Balaban J connectivity index is 1.45. The lowest BCUT2D eigenvalue weighted by Crippen LogP contribution is -2.34. The summed E-state index contributed by atoms with van der Waals surface area (Å²) in [5, 5.41) is 3.32. The van der Waals surface area contributed by atoms with Crippen molar-refractivity contribution in [1.82, 2.24) is 24.8 Å². The highest BCUT2D eigenvalue weighted by Gasteiger charge is 2.23. The molecule has 4 rings (SSSR count). The van der Waals surface area contributed by atoms with Gasteiger partial charge in [0.1, 0.15) is 17.5 Å². The van der Waals surface area contributed by atoms with Crippen LogP contribution in [0.5, 0.6) is 0 Å². The topological polar surface area (TPSA) is 69.7 Å². The lowest BCUT2D eigenvalue weighted by Gasteiger charge is -2.32. The first-order valence-corrected chi connectivity index (χ1v) is 9.14. The summed E-state index contributed by atoms with van der Waals surface area (Å²) in [5.41, 5.74) is 2.14. The maximum atomic E-state index is 4.85. The van der Waals surface area contributed by atoms with Crippen LogP contribution in [0.2, 0.25) is 0 Å². The number of hydrogen-bond donors (Lipinski definition) is 2. The van der Waals surface area contributed by atoms with Crippen molar-refractivity contribution in [1.29, 1.82) is 0 Å². The number of imidazole rings is 1. The summed E-state index contributed by atoms with van der Waals surface area (Å²) in [6.45, 7) is 4.99. The molecule has 2 N–H and O–H groups in total. The molecule has 6 heteroatoms. The van der Waals surface area contributed by atoms with E-state index in [4.69, 9.17) is 4.98 Å². The van der Waals surface area contributed by atoms with Gasteiger partial charge in [0.05, 0.1) is 6.54 Å². The number of pyridine rings is 2. The Bertz CT molecular complexity index is 845. The molecule has 134 valence electrons. The summed E-state index contributed by atoms with van der Waals surface area (Å²) >= 11 is 0. The Labute approximate surface area is 153 Å². The van der Waals surface area contributed by atoms with Crippen molar-refractivity contribution in [3.05, 3.63) is 66.0 Å². The van der Waals surface area contributed by atoms with E-state index in [9.17, 15) is 0 Å². The van der Waals surface area contributed by atoms with E-state index < -0.39 is 0 Å². The first-order chi connectivity index (χ1) is 12.8. The summed E-state index contributed by atoms with van der Waals surface area (Å²) < 4.78 is 0. The molecule has 3 aromatic rings. The van der Waals surface area contributed by atoms with Crippen molar-refractivity contribution in [3.8, 4) is 0 Å². The maximum absolute atomic E-state index is 4.85. The van der Waals surface area contributed by atoms with Crippen LogP contribution >= 0.6 is 0 Å². The van der Waals surface area contributed by atoms with E-state index in [0.29, 0.717) is 5.92 Å². The summed E-state index contributed by atoms with van der Waals surface area (Å²) in [5.74, 6) is 3.16. The van der Waals surface area contributed by atoms with Gasteiger partial charge in [0.25, 0.3) is 0 Å². The van der Waals surface area contributed by atoms with Gasteiger partial charge >= 0.3 is 0 Å².